The Morgan fingerprint density at radius 3 is 2.52 bits per heavy atom. The molecule has 5 heteroatoms. The Labute approximate surface area is 135 Å². The Hall–Kier alpha value is -2.56. The molecule has 23 heavy (non-hydrogen) atoms. The van der Waals surface area contributed by atoms with E-state index in [1.807, 2.05) is 38.1 Å². The normalized spacial score (nSPS) is 10.4. The van der Waals surface area contributed by atoms with Crippen LogP contribution in [0.15, 0.2) is 40.8 Å². The van der Waals surface area contributed by atoms with Gasteiger partial charge in [0.1, 0.15) is 12.3 Å². The van der Waals surface area contributed by atoms with Crippen LogP contribution in [0.25, 0.3) is 0 Å². The topological polar surface area (TPSA) is 59.8 Å². The number of carbonyl (C=O) groups excluding carboxylic acids is 2. The number of carbonyl (C=O) groups is 2. The molecule has 0 fully saturated rings. The number of rotatable bonds is 6. The number of nitrogens with zero attached hydrogens (tertiary/aromatic N) is 1. The quantitative estimate of drug-likeness (QED) is 0.769. The van der Waals surface area contributed by atoms with E-state index < -0.39 is 5.97 Å². The first-order chi connectivity index (χ1) is 11.0. The number of hydrogen-bond acceptors (Lipinski definition) is 4. The third-order valence-corrected chi connectivity index (χ3v) is 3.68. The van der Waals surface area contributed by atoms with Gasteiger partial charge in [0.2, 0.25) is 0 Å². The van der Waals surface area contributed by atoms with Crippen molar-refractivity contribution in [1.29, 1.82) is 0 Å². The highest BCUT2D eigenvalue weighted by Crippen LogP contribution is 2.16. The van der Waals surface area contributed by atoms with Crippen LogP contribution in [0.5, 0.6) is 0 Å². The molecular formula is C18H21NO4. The SMILES string of the molecule is CCc1ccc(C(=O)N(CC(=O)OC)Cc2ccccc2C)o1. The number of amides is 1. The van der Waals surface area contributed by atoms with Crippen molar-refractivity contribution in [1.82, 2.24) is 4.90 Å². The first-order valence-corrected chi connectivity index (χ1v) is 7.54. The van der Waals surface area contributed by atoms with Gasteiger partial charge in [0.05, 0.1) is 7.11 Å². The molecule has 0 aliphatic rings. The van der Waals surface area contributed by atoms with Crippen molar-refractivity contribution in [3.63, 3.8) is 0 Å². The molecule has 0 unspecified atom stereocenters. The van der Waals surface area contributed by atoms with Crippen molar-refractivity contribution in [3.05, 3.63) is 59.0 Å². The molecule has 1 aromatic carbocycles. The number of benzene rings is 1. The molecule has 0 N–H and O–H groups in total. The standard InChI is InChI=1S/C18H21NO4/c1-4-15-9-10-16(23-15)18(21)19(12-17(20)22-3)11-14-8-6-5-7-13(14)2/h5-10H,4,11-12H2,1-3H3. The maximum Gasteiger partial charge on any atom is 0.325 e. The molecule has 1 amide bonds. The van der Waals surface area contributed by atoms with Gasteiger partial charge in [-0.05, 0) is 30.2 Å². The average molecular weight is 315 g/mol. The molecule has 1 heterocycles. The molecular weight excluding hydrogens is 294 g/mol. The number of aryl methyl sites for hydroxylation is 2. The van der Waals surface area contributed by atoms with E-state index in [0.29, 0.717) is 13.0 Å². The minimum atomic E-state index is -0.464. The summed E-state index contributed by atoms with van der Waals surface area (Å²) in [5.74, 6) is 0.189. The molecule has 122 valence electrons. The van der Waals surface area contributed by atoms with Crippen LogP contribution >= 0.6 is 0 Å². The number of furan rings is 1. The van der Waals surface area contributed by atoms with Gasteiger partial charge in [-0.3, -0.25) is 9.59 Å². The van der Waals surface area contributed by atoms with Gasteiger partial charge in [0, 0.05) is 13.0 Å². The average Bonchev–Trinajstić information content (AvgIpc) is 3.04. The largest absolute Gasteiger partial charge is 0.468 e. The Morgan fingerprint density at radius 2 is 1.91 bits per heavy atom. The lowest BCUT2D eigenvalue weighted by atomic mass is 10.1. The molecule has 2 rings (SSSR count). The zero-order valence-electron chi connectivity index (χ0n) is 13.7. The van der Waals surface area contributed by atoms with Gasteiger partial charge in [-0.15, -0.1) is 0 Å². The van der Waals surface area contributed by atoms with E-state index >= 15 is 0 Å². The summed E-state index contributed by atoms with van der Waals surface area (Å²) in [5.41, 5.74) is 2.04. The van der Waals surface area contributed by atoms with Gasteiger partial charge in [-0.2, -0.15) is 0 Å². The second-order valence-electron chi connectivity index (χ2n) is 5.28. The van der Waals surface area contributed by atoms with Crippen LogP contribution in [0.4, 0.5) is 0 Å². The smallest absolute Gasteiger partial charge is 0.325 e. The van der Waals surface area contributed by atoms with E-state index in [4.69, 9.17) is 9.15 Å². The molecule has 0 saturated carbocycles. The van der Waals surface area contributed by atoms with E-state index in [2.05, 4.69) is 0 Å². The number of hydrogen-bond donors (Lipinski definition) is 0. The first-order valence-electron chi connectivity index (χ1n) is 7.54. The Bertz CT molecular complexity index is 690. The van der Waals surface area contributed by atoms with Gasteiger partial charge in [0.25, 0.3) is 5.91 Å². The van der Waals surface area contributed by atoms with Crippen molar-refractivity contribution in [2.45, 2.75) is 26.8 Å². The molecule has 5 nitrogen and oxygen atoms in total. The molecule has 0 saturated heterocycles. The summed E-state index contributed by atoms with van der Waals surface area (Å²) in [6.07, 6.45) is 0.710. The zero-order valence-corrected chi connectivity index (χ0v) is 13.7. The molecule has 0 spiro atoms. The lowest BCUT2D eigenvalue weighted by Gasteiger charge is -2.21. The Morgan fingerprint density at radius 1 is 1.17 bits per heavy atom. The Kier molecular flexibility index (Phi) is 5.57. The predicted octanol–water partition coefficient (Wildman–Crippen LogP) is 2.97. The third-order valence-electron chi connectivity index (χ3n) is 3.68. The van der Waals surface area contributed by atoms with Gasteiger partial charge in [-0.1, -0.05) is 31.2 Å². The summed E-state index contributed by atoms with van der Waals surface area (Å²) in [7, 11) is 1.31. The highest BCUT2D eigenvalue weighted by molar-refractivity contribution is 5.93. The van der Waals surface area contributed by atoms with Crippen LogP contribution in [0, 0.1) is 6.92 Å². The fourth-order valence-corrected chi connectivity index (χ4v) is 2.25. The van der Waals surface area contributed by atoms with Gasteiger partial charge >= 0.3 is 5.97 Å². The Balaban J connectivity index is 2.24. The molecule has 0 aliphatic carbocycles. The molecule has 0 bridgehead atoms. The summed E-state index contributed by atoms with van der Waals surface area (Å²) in [4.78, 5) is 25.8. The molecule has 0 atom stereocenters. The van der Waals surface area contributed by atoms with Crippen LogP contribution in [-0.2, 0) is 22.5 Å². The summed E-state index contributed by atoms with van der Waals surface area (Å²) in [5, 5.41) is 0. The summed E-state index contributed by atoms with van der Waals surface area (Å²) < 4.78 is 10.2. The van der Waals surface area contributed by atoms with Crippen LogP contribution < -0.4 is 0 Å². The van der Waals surface area contributed by atoms with Crippen molar-refractivity contribution in [3.8, 4) is 0 Å². The predicted molar refractivity (Wildman–Crippen MR) is 86.0 cm³/mol. The lowest BCUT2D eigenvalue weighted by molar-refractivity contribution is -0.141. The third kappa shape index (κ3) is 4.22. The minimum Gasteiger partial charge on any atom is -0.468 e. The summed E-state index contributed by atoms with van der Waals surface area (Å²) in [6.45, 7) is 4.12. The highest BCUT2D eigenvalue weighted by Gasteiger charge is 2.22. The van der Waals surface area contributed by atoms with Crippen LogP contribution in [0.3, 0.4) is 0 Å². The van der Waals surface area contributed by atoms with E-state index in [-0.39, 0.29) is 18.2 Å². The maximum absolute atomic E-state index is 12.7. The number of methoxy groups -OCH3 is 1. The molecule has 1 aromatic heterocycles. The van der Waals surface area contributed by atoms with Gasteiger partial charge in [-0.25, -0.2) is 0 Å². The van der Waals surface area contributed by atoms with E-state index in [1.165, 1.54) is 12.0 Å². The first kappa shape index (κ1) is 16.8. The summed E-state index contributed by atoms with van der Waals surface area (Å²) >= 11 is 0. The fourth-order valence-electron chi connectivity index (χ4n) is 2.25. The fraction of sp³-hybridized carbons (Fsp3) is 0.333. The highest BCUT2D eigenvalue weighted by atomic mass is 16.5. The number of ether oxygens (including phenoxy) is 1. The van der Waals surface area contributed by atoms with E-state index in [0.717, 1.165) is 16.9 Å². The maximum atomic E-state index is 12.7. The number of esters is 1. The van der Waals surface area contributed by atoms with Crippen molar-refractivity contribution in [2.24, 2.45) is 0 Å². The zero-order chi connectivity index (χ0) is 16.8. The van der Waals surface area contributed by atoms with E-state index in [1.54, 1.807) is 12.1 Å². The lowest BCUT2D eigenvalue weighted by Crippen LogP contribution is -2.35. The minimum absolute atomic E-state index is 0.119. The van der Waals surface area contributed by atoms with Crippen LogP contribution in [0.1, 0.15) is 34.4 Å². The molecule has 0 aliphatic heterocycles. The second-order valence-corrected chi connectivity index (χ2v) is 5.28. The van der Waals surface area contributed by atoms with Crippen LogP contribution in [0.2, 0.25) is 0 Å². The molecule has 2 aromatic rings. The van der Waals surface area contributed by atoms with Crippen molar-refractivity contribution >= 4 is 11.9 Å². The molecule has 0 radical (unpaired) electrons. The van der Waals surface area contributed by atoms with Gasteiger partial charge < -0.3 is 14.1 Å². The van der Waals surface area contributed by atoms with E-state index in [9.17, 15) is 9.59 Å². The van der Waals surface area contributed by atoms with Crippen LogP contribution in [-0.4, -0.2) is 30.4 Å². The second kappa shape index (κ2) is 7.63. The van der Waals surface area contributed by atoms with Crippen molar-refractivity contribution < 1.29 is 18.7 Å². The van der Waals surface area contributed by atoms with Crippen molar-refractivity contribution in [2.75, 3.05) is 13.7 Å². The summed E-state index contributed by atoms with van der Waals surface area (Å²) in [6, 6.07) is 11.2. The monoisotopic (exact) mass is 315 g/mol. The van der Waals surface area contributed by atoms with Gasteiger partial charge in [0.15, 0.2) is 5.76 Å².